The van der Waals surface area contributed by atoms with Crippen LogP contribution in [0.4, 0.5) is 10.1 Å². The molecule has 0 bridgehead atoms. The van der Waals surface area contributed by atoms with Crippen molar-refractivity contribution in [1.29, 1.82) is 0 Å². The molecule has 0 saturated heterocycles. The van der Waals surface area contributed by atoms with Crippen molar-refractivity contribution in [3.63, 3.8) is 0 Å². The van der Waals surface area contributed by atoms with E-state index in [9.17, 15) is 4.39 Å². The van der Waals surface area contributed by atoms with Gasteiger partial charge in [0.2, 0.25) is 0 Å². The molecule has 0 aliphatic heterocycles. The number of benzene rings is 1. The van der Waals surface area contributed by atoms with E-state index in [-0.39, 0.29) is 10.0 Å². The van der Waals surface area contributed by atoms with Crippen molar-refractivity contribution < 1.29 is 4.39 Å². The minimum absolute atomic E-state index is 0.00682. The van der Waals surface area contributed by atoms with Gasteiger partial charge < -0.3 is 5.32 Å². The smallest absolute Gasteiger partial charge is 0.160 e. The summed E-state index contributed by atoms with van der Waals surface area (Å²) in [6.07, 6.45) is 3.56. The molecule has 1 heterocycles. The summed E-state index contributed by atoms with van der Waals surface area (Å²) in [5, 5.41) is 3.14. The van der Waals surface area contributed by atoms with Crippen molar-refractivity contribution in [2.24, 2.45) is 0 Å². The summed E-state index contributed by atoms with van der Waals surface area (Å²) in [7, 11) is 0. The number of anilines is 1. The Morgan fingerprint density at radius 1 is 1.17 bits per heavy atom. The van der Waals surface area contributed by atoms with Crippen molar-refractivity contribution in [1.82, 2.24) is 4.98 Å². The molecule has 94 valence electrons. The summed E-state index contributed by atoms with van der Waals surface area (Å²) in [6.45, 7) is 2.55. The highest BCUT2D eigenvalue weighted by atomic mass is 35.5. The number of aromatic nitrogens is 1. The zero-order valence-corrected chi connectivity index (χ0v) is 11.2. The molecule has 0 aliphatic carbocycles. The number of halogens is 3. The average Bonchev–Trinajstić information content (AvgIpc) is 2.33. The molecule has 0 saturated carbocycles. The van der Waals surface area contributed by atoms with Gasteiger partial charge in [-0.3, -0.25) is 4.98 Å². The summed E-state index contributed by atoms with van der Waals surface area (Å²) < 4.78 is 13.2. The first-order valence-corrected chi connectivity index (χ1v) is 6.11. The van der Waals surface area contributed by atoms with Gasteiger partial charge in [-0.15, -0.1) is 0 Å². The first kappa shape index (κ1) is 13.1. The number of pyridine rings is 1. The lowest BCUT2D eigenvalue weighted by molar-refractivity contribution is 0.629. The van der Waals surface area contributed by atoms with Crippen LogP contribution in [0.15, 0.2) is 30.6 Å². The number of aryl methyl sites for hydroxylation is 1. The maximum atomic E-state index is 13.2. The van der Waals surface area contributed by atoms with Crippen LogP contribution in [0.3, 0.4) is 0 Å². The maximum Gasteiger partial charge on any atom is 0.160 e. The number of nitrogens with zero attached hydrogens (tertiary/aromatic N) is 1. The molecule has 0 aliphatic rings. The molecule has 0 spiro atoms. The van der Waals surface area contributed by atoms with Crippen LogP contribution in [0.1, 0.15) is 11.1 Å². The molecular weight excluding hydrogens is 274 g/mol. The van der Waals surface area contributed by atoms with Crippen molar-refractivity contribution >= 4 is 28.9 Å². The Hall–Kier alpha value is -1.32. The molecule has 5 heteroatoms. The Balaban J connectivity index is 2.11. The third-order valence-electron chi connectivity index (χ3n) is 2.41. The Kier molecular flexibility index (Phi) is 4.04. The lowest BCUT2D eigenvalue weighted by Gasteiger charge is -2.08. The van der Waals surface area contributed by atoms with E-state index < -0.39 is 5.82 Å². The zero-order valence-electron chi connectivity index (χ0n) is 9.67. The Morgan fingerprint density at radius 3 is 2.44 bits per heavy atom. The van der Waals surface area contributed by atoms with Gasteiger partial charge in [-0.05, 0) is 30.2 Å². The number of hydrogen-bond donors (Lipinski definition) is 1. The molecule has 2 rings (SSSR count). The van der Waals surface area contributed by atoms with Crippen LogP contribution in [0, 0.1) is 12.7 Å². The van der Waals surface area contributed by atoms with Gasteiger partial charge in [0.25, 0.3) is 0 Å². The van der Waals surface area contributed by atoms with Gasteiger partial charge in [0, 0.05) is 24.6 Å². The van der Waals surface area contributed by atoms with Gasteiger partial charge in [0.1, 0.15) is 0 Å². The van der Waals surface area contributed by atoms with Gasteiger partial charge >= 0.3 is 0 Å². The highest BCUT2D eigenvalue weighted by molar-refractivity contribution is 6.35. The van der Waals surface area contributed by atoms with E-state index in [4.69, 9.17) is 23.2 Å². The minimum Gasteiger partial charge on any atom is -0.381 e. The van der Waals surface area contributed by atoms with Gasteiger partial charge in [0.15, 0.2) is 5.82 Å². The fourth-order valence-corrected chi connectivity index (χ4v) is 2.06. The van der Waals surface area contributed by atoms with Crippen LogP contribution in [0.5, 0.6) is 0 Å². The van der Waals surface area contributed by atoms with Crippen molar-refractivity contribution in [2.75, 3.05) is 5.32 Å². The normalized spacial score (nSPS) is 10.4. The first-order valence-electron chi connectivity index (χ1n) is 5.35. The monoisotopic (exact) mass is 284 g/mol. The van der Waals surface area contributed by atoms with Gasteiger partial charge in [-0.1, -0.05) is 29.3 Å². The molecule has 2 nitrogen and oxygen atoms in total. The predicted molar refractivity (Wildman–Crippen MR) is 72.7 cm³/mol. The highest BCUT2D eigenvalue weighted by Gasteiger charge is 2.07. The largest absolute Gasteiger partial charge is 0.381 e. The first-order chi connectivity index (χ1) is 8.56. The summed E-state index contributed by atoms with van der Waals surface area (Å²) in [5.41, 5.74) is 2.80. The standard InChI is InChI=1S/C13H11Cl2FN2/c1-8-2-9(6-17-5-8)7-18-10-3-11(14)13(16)12(15)4-10/h2-6,18H,7H2,1H3. The minimum atomic E-state index is -0.596. The van der Waals surface area contributed by atoms with E-state index in [0.29, 0.717) is 12.2 Å². The summed E-state index contributed by atoms with van der Waals surface area (Å²) >= 11 is 11.4. The van der Waals surface area contributed by atoms with E-state index in [1.54, 1.807) is 12.4 Å². The summed E-state index contributed by atoms with van der Waals surface area (Å²) in [4.78, 5) is 4.09. The second-order valence-corrected chi connectivity index (χ2v) is 4.79. The topological polar surface area (TPSA) is 24.9 Å². The molecule has 0 amide bonds. The molecule has 2 aromatic rings. The van der Waals surface area contributed by atoms with Crippen LogP contribution in [0.25, 0.3) is 0 Å². The van der Waals surface area contributed by atoms with Crippen LogP contribution < -0.4 is 5.32 Å². The third kappa shape index (κ3) is 3.12. The Bertz CT molecular complexity index is 550. The van der Waals surface area contributed by atoms with Crippen molar-refractivity contribution in [3.05, 3.63) is 57.6 Å². The van der Waals surface area contributed by atoms with Gasteiger partial charge in [0.05, 0.1) is 10.0 Å². The highest BCUT2D eigenvalue weighted by Crippen LogP contribution is 2.27. The predicted octanol–water partition coefficient (Wildman–Crippen LogP) is 4.45. The van der Waals surface area contributed by atoms with E-state index in [1.165, 1.54) is 12.1 Å². The molecular formula is C13H11Cl2FN2. The van der Waals surface area contributed by atoms with E-state index >= 15 is 0 Å². The molecule has 18 heavy (non-hydrogen) atoms. The van der Waals surface area contributed by atoms with Gasteiger partial charge in [-0.25, -0.2) is 4.39 Å². The van der Waals surface area contributed by atoms with Crippen LogP contribution in [-0.2, 0) is 6.54 Å². The van der Waals surface area contributed by atoms with Crippen LogP contribution in [0.2, 0.25) is 10.0 Å². The molecule has 0 unspecified atom stereocenters. The fourth-order valence-electron chi connectivity index (χ4n) is 1.58. The SMILES string of the molecule is Cc1cncc(CNc2cc(Cl)c(F)c(Cl)c2)c1. The fraction of sp³-hybridized carbons (Fsp3) is 0.154. The third-order valence-corrected chi connectivity index (χ3v) is 2.96. The van der Waals surface area contributed by atoms with Crippen LogP contribution >= 0.6 is 23.2 Å². The lowest BCUT2D eigenvalue weighted by atomic mass is 10.2. The number of hydrogen-bond acceptors (Lipinski definition) is 2. The zero-order chi connectivity index (χ0) is 13.1. The second kappa shape index (κ2) is 5.55. The molecule has 0 atom stereocenters. The molecule has 1 aromatic heterocycles. The van der Waals surface area contributed by atoms with Crippen molar-refractivity contribution in [2.45, 2.75) is 13.5 Å². The number of nitrogens with one attached hydrogen (secondary N) is 1. The lowest BCUT2D eigenvalue weighted by Crippen LogP contribution is -2.00. The van der Waals surface area contributed by atoms with Crippen LogP contribution in [-0.4, -0.2) is 4.98 Å². The second-order valence-electron chi connectivity index (χ2n) is 3.98. The van der Waals surface area contributed by atoms with Gasteiger partial charge in [-0.2, -0.15) is 0 Å². The van der Waals surface area contributed by atoms with Crippen molar-refractivity contribution in [3.8, 4) is 0 Å². The molecule has 1 N–H and O–H groups in total. The summed E-state index contributed by atoms with van der Waals surface area (Å²) in [6, 6.07) is 5.03. The Morgan fingerprint density at radius 2 is 1.83 bits per heavy atom. The van der Waals surface area contributed by atoms with E-state index in [1.807, 2.05) is 13.0 Å². The molecule has 0 fully saturated rings. The Labute approximate surface area is 115 Å². The molecule has 1 aromatic carbocycles. The average molecular weight is 285 g/mol. The quantitative estimate of drug-likeness (QED) is 0.843. The molecule has 0 radical (unpaired) electrons. The summed E-state index contributed by atoms with van der Waals surface area (Å²) in [5.74, 6) is -0.596. The number of rotatable bonds is 3. The maximum absolute atomic E-state index is 13.2. The van der Waals surface area contributed by atoms with E-state index in [2.05, 4.69) is 10.3 Å². The van der Waals surface area contributed by atoms with E-state index in [0.717, 1.165) is 11.1 Å².